The molecule has 1 amide bonds. The van der Waals surface area contributed by atoms with Crippen molar-refractivity contribution in [3.05, 3.63) is 30.3 Å². The van der Waals surface area contributed by atoms with Crippen molar-refractivity contribution in [2.45, 2.75) is 6.92 Å². The number of hydrogen-bond donors (Lipinski definition) is 1. The summed E-state index contributed by atoms with van der Waals surface area (Å²) < 4.78 is 21.8. The SMILES string of the molecule is COc1cc(-c2nc3cc(NC(C)=O)ccc3o2)cc(OC)c1OC. The maximum Gasteiger partial charge on any atom is 0.227 e. The fourth-order valence-corrected chi connectivity index (χ4v) is 2.54. The summed E-state index contributed by atoms with van der Waals surface area (Å²) >= 11 is 0. The second kappa shape index (κ2) is 6.72. The van der Waals surface area contributed by atoms with Gasteiger partial charge in [0.1, 0.15) is 5.52 Å². The number of nitrogens with one attached hydrogen (secondary N) is 1. The summed E-state index contributed by atoms with van der Waals surface area (Å²) in [7, 11) is 4.64. The number of rotatable bonds is 5. The standard InChI is InChI=1S/C18H18N2O5/c1-10(21)19-12-5-6-14-13(9-12)20-18(25-14)11-7-15(22-2)17(24-4)16(8-11)23-3/h5-9H,1-4H3,(H,19,21). The van der Waals surface area contributed by atoms with E-state index in [1.165, 1.54) is 6.92 Å². The zero-order valence-electron chi connectivity index (χ0n) is 14.4. The minimum absolute atomic E-state index is 0.146. The number of fused-ring (bicyclic) bond motifs is 1. The predicted molar refractivity (Wildman–Crippen MR) is 93.4 cm³/mol. The van der Waals surface area contributed by atoms with Crippen LogP contribution in [0.15, 0.2) is 34.7 Å². The first-order valence-corrected chi connectivity index (χ1v) is 7.54. The van der Waals surface area contributed by atoms with Crippen molar-refractivity contribution >= 4 is 22.7 Å². The first-order valence-electron chi connectivity index (χ1n) is 7.54. The lowest BCUT2D eigenvalue weighted by atomic mass is 10.2. The van der Waals surface area contributed by atoms with E-state index in [1.807, 2.05) is 0 Å². The molecule has 3 rings (SSSR count). The monoisotopic (exact) mass is 342 g/mol. The first-order chi connectivity index (χ1) is 12.0. The Kier molecular flexibility index (Phi) is 4.47. The van der Waals surface area contributed by atoms with Crippen LogP contribution >= 0.6 is 0 Å². The lowest BCUT2D eigenvalue weighted by Crippen LogP contribution is -2.05. The van der Waals surface area contributed by atoms with E-state index < -0.39 is 0 Å². The molecule has 0 saturated heterocycles. The largest absolute Gasteiger partial charge is 0.493 e. The Balaban J connectivity index is 2.08. The molecule has 1 N–H and O–H groups in total. The zero-order chi connectivity index (χ0) is 18.0. The van der Waals surface area contributed by atoms with Gasteiger partial charge in [-0.05, 0) is 30.3 Å². The number of methoxy groups -OCH3 is 3. The Morgan fingerprint density at radius 2 is 1.72 bits per heavy atom. The highest BCUT2D eigenvalue weighted by molar-refractivity contribution is 5.91. The molecule has 0 atom stereocenters. The Bertz CT molecular complexity index is 907. The molecule has 0 aliphatic rings. The van der Waals surface area contributed by atoms with E-state index >= 15 is 0 Å². The summed E-state index contributed by atoms with van der Waals surface area (Å²) in [6, 6.07) is 8.80. The van der Waals surface area contributed by atoms with Gasteiger partial charge in [-0.25, -0.2) is 4.98 Å². The number of carbonyl (C=O) groups excluding carboxylic acids is 1. The van der Waals surface area contributed by atoms with E-state index in [2.05, 4.69) is 10.3 Å². The van der Waals surface area contributed by atoms with Gasteiger partial charge in [0.05, 0.1) is 21.3 Å². The third kappa shape index (κ3) is 3.21. The maximum absolute atomic E-state index is 11.2. The van der Waals surface area contributed by atoms with E-state index in [9.17, 15) is 4.79 Å². The third-order valence-corrected chi connectivity index (χ3v) is 3.62. The average molecular weight is 342 g/mol. The molecule has 3 aromatic rings. The number of nitrogens with zero attached hydrogens (tertiary/aromatic N) is 1. The van der Waals surface area contributed by atoms with E-state index in [1.54, 1.807) is 51.7 Å². The van der Waals surface area contributed by atoms with Gasteiger partial charge in [0.2, 0.25) is 17.5 Å². The normalized spacial score (nSPS) is 10.6. The van der Waals surface area contributed by atoms with Crippen LogP contribution in [-0.4, -0.2) is 32.2 Å². The topological polar surface area (TPSA) is 82.8 Å². The van der Waals surface area contributed by atoms with Crippen LogP contribution in [0.2, 0.25) is 0 Å². The number of oxazole rings is 1. The summed E-state index contributed by atoms with van der Waals surface area (Å²) in [6.07, 6.45) is 0. The molecule has 130 valence electrons. The van der Waals surface area contributed by atoms with Gasteiger partial charge < -0.3 is 23.9 Å². The Labute approximate surface area is 144 Å². The molecule has 1 heterocycles. The van der Waals surface area contributed by atoms with Crippen LogP contribution in [-0.2, 0) is 4.79 Å². The number of carbonyl (C=O) groups is 1. The molecular formula is C18H18N2O5. The molecule has 0 saturated carbocycles. The summed E-state index contributed by atoms with van der Waals surface area (Å²) in [5, 5.41) is 2.72. The van der Waals surface area contributed by atoms with Crippen LogP contribution in [0.25, 0.3) is 22.6 Å². The second-order valence-electron chi connectivity index (χ2n) is 5.30. The van der Waals surface area contributed by atoms with Gasteiger partial charge >= 0.3 is 0 Å². The number of amides is 1. The Hall–Kier alpha value is -3.22. The van der Waals surface area contributed by atoms with E-state index in [0.29, 0.717) is 45.5 Å². The Morgan fingerprint density at radius 1 is 1.04 bits per heavy atom. The third-order valence-electron chi connectivity index (χ3n) is 3.62. The summed E-state index contributed by atoms with van der Waals surface area (Å²) in [5.74, 6) is 1.79. The number of aromatic nitrogens is 1. The number of anilines is 1. The summed E-state index contributed by atoms with van der Waals surface area (Å²) in [6.45, 7) is 1.45. The molecule has 0 fully saturated rings. The molecule has 7 nitrogen and oxygen atoms in total. The fraction of sp³-hybridized carbons (Fsp3) is 0.222. The number of benzene rings is 2. The molecule has 0 radical (unpaired) electrons. The quantitative estimate of drug-likeness (QED) is 0.764. The van der Waals surface area contributed by atoms with Crippen LogP contribution in [0.1, 0.15) is 6.92 Å². The molecule has 2 aromatic carbocycles. The minimum Gasteiger partial charge on any atom is -0.493 e. The van der Waals surface area contributed by atoms with Crippen molar-refractivity contribution in [3.63, 3.8) is 0 Å². The highest BCUT2D eigenvalue weighted by Gasteiger charge is 2.17. The van der Waals surface area contributed by atoms with Crippen LogP contribution < -0.4 is 19.5 Å². The minimum atomic E-state index is -0.146. The fourth-order valence-electron chi connectivity index (χ4n) is 2.54. The van der Waals surface area contributed by atoms with Crippen molar-refractivity contribution in [1.82, 2.24) is 4.98 Å². The van der Waals surface area contributed by atoms with Crippen LogP contribution in [0.4, 0.5) is 5.69 Å². The lowest BCUT2D eigenvalue weighted by molar-refractivity contribution is -0.114. The lowest BCUT2D eigenvalue weighted by Gasteiger charge is -2.12. The van der Waals surface area contributed by atoms with Crippen LogP contribution in [0.5, 0.6) is 17.2 Å². The molecular weight excluding hydrogens is 324 g/mol. The van der Waals surface area contributed by atoms with Crippen molar-refractivity contribution in [1.29, 1.82) is 0 Å². The molecule has 0 aliphatic carbocycles. The van der Waals surface area contributed by atoms with Crippen LogP contribution in [0.3, 0.4) is 0 Å². The summed E-state index contributed by atoms with van der Waals surface area (Å²) in [4.78, 5) is 15.7. The van der Waals surface area contributed by atoms with Gasteiger partial charge in [-0.3, -0.25) is 4.79 Å². The Morgan fingerprint density at radius 3 is 2.28 bits per heavy atom. The van der Waals surface area contributed by atoms with Gasteiger partial charge in [0.25, 0.3) is 0 Å². The van der Waals surface area contributed by atoms with Gasteiger partial charge in [0, 0.05) is 18.2 Å². The molecule has 0 aliphatic heterocycles. The van der Waals surface area contributed by atoms with Gasteiger partial charge in [-0.15, -0.1) is 0 Å². The zero-order valence-corrected chi connectivity index (χ0v) is 14.4. The van der Waals surface area contributed by atoms with Gasteiger partial charge in [0.15, 0.2) is 17.1 Å². The van der Waals surface area contributed by atoms with Crippen LogP contribution in [0, 0.1) is 0 Å². The number of ether oxygens (including phenoxy) is 3. The molecule has 0 bridgehead atoms. The van der Waals surface area contributed by atoms with Crippen molar-refractivity contribution in [2.24, 2.45) is 0 Å². The highest BCUT2D eigenvalue weighted by atomic mass is 16.5. The van der Waals surface area contributed by atoms with Crippen molar-refractivity contribution in [3.8, 4) is 28.7 Å². The maximum atomic E-state index is 11.2. The smallest absolute Gasteiger partial charge is 0.227 e. The van der Waals surface area contributed by atoms with Crippen molar-refractivity contribution < 1.29 is 23.4 Å². The number of hydrogen-bond acceptors (Lipinski definition) is 6. The van der Waals surface area contributed by atoms with E-state index in [4.69, 9.17) is 18.6 Å². The molecule has 0 spiro atoms. The molecule has 0 unspecified atom stereocenters. The molecule has 25 heavy (non-hydrogen) atoms. The average Bonchev–Trinajstić information content (AvgIpc) is 3.03. The van der Waals surface area contributed by atoms with Crippen molar-refractivity contribution in [2.75, 3.05) is 26.6 Å². The molecule has 1 aromatic heterocycles. The first kappa shape index (κ1) is 16.6. The van der Waals surface area contributed by atoms with E-state index in [0.717, 1.165) is 0 Å². The van der Waals surface area contributed by atoms with Gasteiger partial charge in [-0.1, -0.05) is 0 Å². The predicted octanol–water partition coefficient (Wildman–Crippen LogP) is 3.48. The second-order valence-corrected chi connectivity index (χ2v) is 5.30. The summed E-state index contributed by atoms with van der Waals surface area (Å²) in [5.41, 5.74) is 2.59. The van der Waals surface area contributed by atoms with E-state index in [-0.39, 0.29) is 5.91 Å². The molecule has 7 heteroatoms. The van der Waals surface area contributed by atoms with Gasteiger partial charge in [-0.2, -0.15) is 0 Å². The highest BCUT2D eigenvalue weighted by Crippen LogP contribution is 2.41.